The summed E-state index contributed by atoms with van der Waals surface area (Å²) in [6, 6.07) is 5.76. The number of pyridine rings is 1. The molecule has 0 aliphatic carbocycles. The van der Waals surface area contributed by atoms with E-state index in [1.807, 2.05) is 30.5 Å². The van der Waals surface area contributed by atoms with E-state index in [1.54, 1.807) is 10.8 Å². The summed E-state index contributed by atoms with van der Waals surface area (Å²) in [7, 11) is 0. The van der Waals surface area contributed by atoms with Gasteiger partial charge in [0.1, 0.15) is 12.1 Å². The Bertz CT molecular complexity index is 747. The van der Waals surface area contributed by atoms with Crippen LogP contribution in [0.5, 0.6) is 0 Å². The van der Waals surface area contributed by atoms with Gasteiger partial charge in [-0.1, -0.05) is 6.07 Å². The highest BCUT2D eigenvalue weighted by atomic mass is 32.1. The molecule has 3 aromatic rings. The summed E-state index contributed by atoms with van der Waals surface area (Å²) < 4.78 is 1.64. The van der Waals surface area contributed by atoms with Crippen LogP contribution in [-0.2, 0) is 11.3 Å². The van der Waals surface area contributed by atoms with E-state index < -0.39 is 5.97 Å². The van der Waals surface area contributed by atoms with Crippen LogP contribution in [0.3, 0.4) is 0 Å². The fourth-order valence-corrected chi connectivity index (χ4v) is 2.71. The average molecular weight is 273 g/mol. The van der Waals surface area contributed by atoms with E-state index in [4.69, 9.17) is 5.11 Å². The van der Waals surface area contributed by atoms with Gasteiger partial charge in [0.2, 0.25) is 0 Å². The van der Waals surface area contributed by atoms with E-state index >= 15 is 0 Å². The molecule has 3 heterocycles. The van der Waals surface area contributed by atoms with E-state index in [1.165, 1.54) is 11.3 Å². The van der Waals surface area contributed by atoms with Crippen molar-refractivity contribution in [2.45, 2.75) is 13.5 Å². The molecule has 19 heavy (non-hydrogen) atoms. The van der Waals surface area contributed by atoms with Crippen LogP contribution in [0.25, 0.3) is 21.9 Å². The molecule has 0 spiro atoms. The Morgan fingerprint density at radius 3 is 3.05 bits per heavy atom. The molecule has 0 aliphatic heterocycles. The Morgan fingerprint density at radius 2 is 2.37 bits per heavy atom. The van der Waals surface area contributed by atoms with Crippen LogP contribution in [-0.4, -0.2) is 25.6 Å². The number of thiophene rings is 1. The molecule has 5 nitrogen and oxygen atoms in total. The molecule has 3 aromatic heterocycles. The number of aryl methyl sites for hydroxylation is 1. The van der Waals surface area contributed by atoms with Crippen molar-refractivity contribution in [1.29, 1.82) is 0 Å². The quantitative estimate of drug-likeness (QED) is 0.796. The third-order valence-corrected chi connectivity index (χ3v) is 3.62. The van der Waals surface area contributed by atoms with Crippen molar-refractivity contribution in [3.05, 3.63) is 35.3 Å². The Kier molecular flexibility index (Phi) is 2.79. The van der Waals surface area contributed by atoms with Crippen LogP contribution in [0, 0.1) is 6.92 Å². The maximum atomic E-state index is 11.0. The summed E-state index contributed by atoms with van der Waals surface area (Å²) in [4.78, 5) is 20.8. The molecule has 0 bridgehead atoms. The maximum absolute atomic E-state index is 11.0. The number of hydrogen-bond acceptors (Lipinski definition) is 4. The number of aromatic nitrogens is 3. The van der Waals surface area contributed by atoms with Gasteiger partial charge < -0.3 is 5.11 Å². The third-order valence-electron chi connectivity index (χ3n) is 2.76. The first-order chi connectivity index (χ1) is 9.15. The first kappa shape index (κ1) is 11.9. The Morgan fingerprint density at radius 1 is 1.53 bits per heavy atom. The number of fused-ring (bicyclic) bond motifs is 1. The largest absolute Gasteiger partial charge is 0.480 e. The zero-order valence-electron chi connectivity index (χ0n) is 10.2. The number of carbonyl (C=O) groups is 1. The summed E-state index contributed by atoms with van der Waals surface area (Å²) in [6.07, 6.45) is 1.72. The van der Waals surface area contributed by atoms with Crippen LogP contribution in [0.4, 0.5) is 0 Å². The summed E-state index contributed by atoms with van der Waals surface area (Å²) in [5.41, 5.74) is 2.34. The summed E-state index contributed by atoms with van der Waals surface area (Å²) in [5, 5.41) is 11.0. The third kappa shape index (κ3) is 2.10. The van der Waals surface area contributed by atoms with Crippen molar-refractivity contribution in [3.8, 4) is 10.7 Å². The number of hydrogen-bond donors (Lipinski definition) is 1. The highest BCUT2D eigenvalue weighted by Gasteiger charge is 2.16. The fraction of sp³-hybridized carbons (Fsp3) is 0.154. The molecule has 0 saturated carbocycles. The van der Waals surface area contributed by atoms with E-state index in [0.717, 1.165) is 16.0 Å². The van der Waals surface area contributed by atoms with E-state index in [-0.39, 0.29) is 6.54 Å². The van der Waals surface area contributed by atoms with Gasteiger partial charge in [-0.2, -0.15) is 0 Å². The molecule has 0 atom stereocenters. The summed E-state index contributed by atoms with van der Waals surface area (Å²) in [5.74, 6) is -0.245. The lowest BCUT2D eigenvalue weighted by molar-refractivity contribution is -0.137. The van der Waals surface area contributed by atoms with Gasteiger partial charge in [-0.05, 0) is 30.0 Å². The van der Waals surface area contributed by atoms with E-state index in [0.29, 0.717) is 11.5 Å². The first-order valence-corrected chi connectivity index (χ1v) is 6.61. The molecule has 0 aliphatic rings. The Balaban J connectivity index is 2.27. The minimum absolute atomic E-state index is 0.139. The Labute approximate surface area is 113 Å². The molecule has 0 fully saturated rings. The highest BCUT2D eigenvalue weighted by Crippen LogP contribution is 2.27. The van der Waals surface area contributed by atoms with Gasteiger partial charge in [-0.3, -0.25) is 9.36 Å². The van der Waals surface area contributed by atoms with Crippen molar-refractivity contribution in [2.24, 2.45) is 0 Å². The van der Waals surface area contributed by atoms with Crippen LogP contribution >= 0.6 is 11.3 Å². The summed E-state index contributed by atoms with van der Waals surface area (Å²) in [6.45, 7) is 1.80. The monoisotopic (exact) mass is 273 g/mol. The molecule has 96 valence electrons. The highest BCUT2D eigenvalue weighted by molar-refractivity contribution is 7.13. The average Bonchev–Trinajstić information content (AvgIpc) is 2.96. The van der Waals surface area contributed by atoms with Gasteiger partial charge in [0.15, 0.2) is 11.5 Å². The SMILES string of the molecule is Cc1cnc2c(c1)nc(-c1cccs1)n2CC(=O)O. The minimum atomic E-state index is -0.903. The molecule has 0 unspecified atom stereocenters. The lowest BCUT2D eigenvalue weighted by atomic mass is 10.3. The molecule has 1 N–H and O–H groups in total. The van der Waals surface area contributed by atoms with Crippen LogP contribution in [0.15, 0.2) is 29.8 Å². The molecule has 0 aromatic carbocycles. The number of aliphatic carboxylic acids is 1. The number of carboxylic acids is 1. The van der Waals surface area contributed by atoms with Crippen LogP contribution < -0.4 is 0 Å². The van der Waals surface area contributed by atoms with Crippen molar-refractivity contribution >= 4 is 28.5 Å². The lowest BCUT2D eigenvalue weighted by Gasteiger charge is -2.03. The zero-order valence-corrected chi connectivity index (χ0v) is 11.0. The van der Waals surface area contributed by atoms with Gasteiger partial charge in [-0.25, -0.2) is 9.97 Å². The van der Waals surface area contributed by atoms with Crippen LogP contribution in [0.2, 0.25) is 0 Å². The van der Waals surface area contributed by atoms with E-state index in [2.05, 4.69) is 9.97 Å². The maximum Gasteiger partial charge on any atom is 0.323 e. The molecule has 0 saturated heterocycles. The molecule has 3 rings (SSSR count). The standard InChI is InChI=1S/C13H11N3O2S/c1-8-5-9-12(14-6-8)16(7-11(17)18)13(15-9)10-3-2-4-19-10/h2-6H,7H2,1H3,(H,17,18). The number of rotatable bonds is 3. The minimum Gasteiger partial charge on any atom is -0.480 e. The first-order valence-electron chi connectivity index (χ1n) is 5.73. The van der Waals surface area contributed by atoms with Gasteiger partial charge in [-0.15, -0.1) is 11.3 Å². The second-order valence-corrected chi connectivity index (χ2v) is 5.20. The number of imidazole rings is 1. The van der Waals surface area contributed by atoms with Gasteiger partial charge in [0.25, 0.3) is 0 Å². The Hall–Kier alpha value is -2.21. The van der Waals surface area contributed by atoms with Gasteiger partial charge in [0.05, 0.1) is 4.88 Å². The number of nitrogens with zero attached hydrogens (tertiary/aromatic N) is 3. The van der Waals surface area contributed by atoms with Crippen LogP contribution in [0.1, 0.15) is 5.56 Å². The predicted molar refractivity (Wildman–Crippen MR) is 73.2 cm³/mol. The number of carboxylic acid groups (broad SMARTS) is 1. The van der Waals surface area contributed by atoms with Gasteiger partial charge in [0, 0.05) is 6.20 Å². The molecule has 0 radical (unpaired) electrons. The van der Waals surface area contributed by atoms with Crippen molar-refractivity contribution < 1.29 is 9.90 Å². The van der Waals surface area contributed by atoms with Gasteiger partial charge >= 0.3 is 5.97 Å². The zero-order chi connectivity index (χ0) is 13.4. The molecule has 0 amide bonds. The fourth-order valence-electron chi connectivity index (χ4n) is 1.99. The molecular weight excluding hydrogens is 262 g/mol. The van der Waals surface area contributed by atoms with E-state index in [9.17, 15) is 4.79 Å². The van der Waals surface area contributed by atoms with Crippen molar-refractivity contribution in [2.75, 3.05) is 0 Å². The second kappa shape index (κ2) is 4.47. The smallest absolute Gasteiger partial charge is 0.323 e. The predicted octanol–water partition coefficient (Wildman–Crippen LogP) is 2.55. The summed E-state index contributed by atoms with van der Waals surface area (Å²) >= 11 is 1.53. The molecule has 6 heteroatoms. The van der Waals surface area contributed by atoms with Crippen molar-refractivity contribution in [3.63, 3.8) is 0 Å². The second-order valence-electron chi connectivity index (χ2n) is 4.25. The molecular formula is C13H11N3O2S. The topological polar surface area (TPSA) is 68.0 Å². The lowest BCUT2D eigenvalue weighted by Crippen LogP contribution is -2.10. The van der Waals surface area contributed by atoms with Crippen molar-refractivity contribution in [1.82, 2.24) is 14.5 Å². The normalized spacial score (nSPS) is 11.0.